The van der Waals surface area contributed by atoms with Gasteiger partial charge in [-0.1, -0.05) is 35.3 Å². The third-order valence-electron chi connectivity index (χ3n) is 2.76. The van der Waals surface area contributed by atoms with Gasteiger partial charge in [-0.2, -0.15) is 0 Å². The maximum absolute atomic E-state index is 12.2. The van der Waals surface area contributed by atoms with Crippen molar-refractivity contribution in [2.45, 2.75) is 6.54 Å². The van der Waals surface area contributed by atoms with Gasteiger partial charge < -0.3 is 10.0 Å². The molecular weight excluding hydrogens is 299 g/mol. The van der Waals surface area contributed by atoms with E-state index in [1.165, 1.54) is 23.4 Å². The summed E-state index contributed by atoms with van der Waals surface area (Å²) in [5.74, 6) is -0.311. The van der Waals surface area contributed by atoms with Crippen LogP contribution in [0, 0.1) is 0 Å². The number of rotatable bonds is 3. The molecule has 104 valence electrons. The molecule has 0 fully saturated rings. The average Bonchev–Trinajstić information content (AvgIpc) is 2.43. The molecule has 20 heavy (non-hydrogen) atoms. The Kier molecular flexibility index (Phi) is 4.47. The second kappa shape index (κ2) is 6.11. The Morgan fingerprint density at radius 2 is 2.10 bits per heavy atom. The van der Waals surface area contributed by atoms with Crippen LogP contribution in [0.25, 0.3) is 0 Å². The lowest BCUT2D eigenvalue weighted by molar-refractivity contribution is 0.0784. The largest absolute Gasteiger partial charge is 0.506 e. The number of aromatic nitrogens is 1. The number of amides is 1. The van der Waals surface area contributed by atoms with Crippen LogP contribution in [0.5, 0.6) is 5.75 Å². The van der Waals surface area contributed by atoms with Gasteiger partial charge in [-0.05, 0) is 17.7 Å². The zero-order valence-electron chi connectivity index (χ0n) is 10.7. The Hall–Kier alpha value is -1.78. The topological polar surface area (TPSA) is 53.4 Å². The molecule has 0 bridgehead atoms. The minimum Gasteiger partial charge on any atom is -0.506 e. The number of hydrogen-bond donors (Lipinski definition) is 1. The van der Waals surface area contributed by atoms with Crippen LogP contribution in [-0.4, -0.2) is 27.9 Å². The fourth-order valence-electron chi connectivity index (χ4n) is 1.76. The molecule has 0 aliphatic rings. The van der Waals surface area contributed by atoms with Crippen LogP contribution in [0.4, 0.5) is 0 Å². The van der Waals surface area contributed by atoms with Gasteiger partial charge in [-0.25, -0.2) is 0 Å². The predicted molar refractivity (Wildman–Crippen MR) is 78.2 cm³/mol. The second-order valence-corrected chi connectivity index (χ2v) is 5.09. The molecule has 1 heterocycles. The molecule has 4 nitrogen and oxygen atoms in total. The summed E-state index contributed by atoms with van der Waals surface area (Å²) in [6.07, 6.45) is 2.67. The molecular formula is C14H12Cl2N2O2. The van der Waals surface area contributed by atoms with Crippen molar-refractivity contribution < 1.29 is 9.90 Å². The van der Waals surface area contributed by atoms with Gasteiger partial charge in [0.2, 0.25) is 0 Å². The Morgan fingerprint density at radius 1 is 1.35 bits per heavy atom. The monoisotopic (exact) mass is 310 g/mol. The fourth-order valence-corrected chi connectivity index (χ4v) is 2.14. The highest BCUT2D eigenvalue weighted by atomic mass is 35.5. The minimum absolute atomic E-state index is 0.0509. The Morgan fingerprint density at radius 3 is 2.80 bits per heavy atom. The lowest BCUT2D eigenvalue weighted by atomic mass is 10.2. The van der Waals surface area contributed by atoms with Crippen LogP contribution in [0.15, 0.2) is 36.7 Å². The smallest absolute Gasteiger partial charge is 0.255 e. The fraction of sp³-hybridized carbons (Fsp3) is 0.143. The second-order valence-electron chi connectivity index (χ2n) is 4.31. The number of halogens is 2. The lowest BCUT2D eigenvalue weighted by Gasteiger charge is -2.18. The molecule has 2 rings (SSSR count). The van der Waals surface area contributed by atoms with Crippen molar-refractivity contribution in [3.8, 4) is 5.75 Å². The summed E-state index contributed by atoms with van der Waals surface area (Å²) in [5.41, 5.74) is 1.06. The molecule has 0 aliphatic heterocycles. The maximum Gasteiger partial charge on any atom is 0.255 e. The highest BCUT2D eigenvalue weighted by Crippen LogP contribution is 2.26. The molecule has 0 saturated heterocycles. The first-order valence-corrected chi connectivity index (χ1v) is 6.57. The molecule has 1 N–H and O–H groups in total. The van der Waals surface area contributed by atoms with Crippen molar-refractivity contribution in [1.82, 2.24) is 9.88 Å². The first-order valence-electron chi connectivity index (χ1n) is 5.81. The molecule has 1 amide bonds. The maximum atomic E-state index is 12.2. The summed E-state index contributed by atoms with van der Waals surface area (Å²) in [7, 11) is 1.64. The quantitative estimate of drug-likeness (QED) is 0.945. The molecule has 6 heteroatoms. The number of benzene rings is 1. The van der Waals surface area contributed by atoms with Crippen LogP contribution < -0.4 is 0 Å². The van der Waals surface area contributed by atoms with Crippen LogP contribution in [0.1, 0.15) is 15.9 Å². The van der Waals surface area contributed by atoms with E-state index in [2.05, 4.69) is 4.98 Å². The van der Waals surface area contributed by atoms with E-state index in [1.54, 1.807) is 25.2 Å². The lowest BCUT2D eigenvalue weighted by Crippen LogP contribution is -2.26. The van der Waals surface area contributed by atoms with Gasteiger partial charge in [-0.3, -0.25) is 9.78 Å². The third kappa shape index (κ3) is 3.21. The predicted octanol–water partition coefficient (Wildman–Crippen LogP) is 3.37. The molecule has 0 saturated carbocycles. The summed E-state index contributed by atoms with van der Waals surface area (Å²) >= 11 is 12.0. The van der Waals surface area contributed by atoms with Gasteiger partial charge >= 0.3 is 0 Å². The number of pyridine rings is 1. The molecule has 0 spiro atoms. The van der Waals surface area contributed by atoms with E-state index in [0.29, 0.717) is 22.2 Å². The van der Waals surface area contributed by atoms with Crippen molar-refractivity contribution in [3.63, 3.8) is 0 Å². The van der Waals surface area contributed by atoms with Crippen LogP contribution in [0.2, 0.25) is 10.0 Å². The number of aromatic hydroxyl groups is 1. The Balaban J connectivity index is 2.18. The standard InChI is InChI=1S/C14H12Cl2N2O2/c1-18(8-9-3-2-4-12(15)13(9)16)14(20)10-5-11(19)7-17-6-10/h2-7,19H,8H2,1H3. The molecule has 0 radical (unpaired) electrons. The van der Waals surface area contributed by atoms with E-state index >= 15 is 0 Å². The van der Waals surface area contributed by atoms with Gasteiger partial charge in [0, 0.05) is 19.8 Å². The van der Waals surface area contributed by atoms with E-state index in [9.17, 15) is 9.90 Å². The van der Waals surface area contributed by atoms with Gasteiger partial charge in [-0.15, -0.1) is 0 Å². The summed E-state index contributed by atoms with van der Waals surface area (Å²) in [6.45, 7) is 0.313. The summed E-state index contributed by atoms with van der Waals surface area (Å²) in [5, 5.41) is 10.2. The van der Waals surface area contributed by atoms with Crippen molar-refractivity contribution in [2.75, 3.05) is 7.05 Å². The van der Waals surface area contributed by atoms with E-state index < -0.39 is 0 Å². The van der Waals surface area contributed by atoms with E-state index in [4.69, 9.17) is 23.2 Å². The van der Waals surface area contributed by atoms with Gasteiger partial charge in [0.1, 0.15) is 5.75 Å². The van der Waals surface area contributed by atoms with Crippen molar-refractivity contribution in [2.24, 2.45) is 0 Å². The summed E-state index contributed by atoms with van der Waals surface area (Å²) < 4.78 is 0. The van der Waals surface area contributed by atoms with Crippen molar-refractivity contribution in [3.05, 3.63) is 57.8 Å². The zero-order chi connectivity index (χ0) is 14.7. The third-order valence-corrected chi connectivity index (χ3v) is 3.61. The highest BCUT2D eigenvalue weighted by Gasteiger charge is 2.15. The van der Waals surface area contributed by atoms with Gasteiger partial charge in [0.05, 0.1) is 21.8 Å². The van der Waals surface area contributed by atoms with Crippen LogP contribution in [0.3, 0.4) is 0 Å². The molecule has 1 aromatic carbocycles. The van der Waals surface area contributed by atoms with Gasteiger partial charge in [0.25, 0.3) is 5.91 Å². The number of carbonyl (C=O) groups is 1. The highest BCUT2D eigenvalue weighted by molar-refractivity contribution is 6.42. The first kappa shape index (κ1) is 14.6. The van der Waals surface area contributed by atoms with E-state index in [0.717, 1.165) is 5.56 Å². The first-order chi connectivity index (χ1) is 9.49. The molecule has 0 aliphatic carbocycles. The average molecular weight is 311 g/mol. The number of hydrogen-bond acceptors (Lipinski definition) is 3. The van der Waals surface area contributed by atoms with Crippen LogP contribution in [-0.2, 0) is 6.54 Å². The number of carbonyl (C=O) groups excluding carboxylic acids is 1. The SMILES string of the molecule is CN(Cc1cccc(Cl)c1Cl)C(=O)c1cncc(O)c1. The molecule has 0 atom stereocenters. The van der Waals surface area contributed by atoms with Crippen molar-refractivity contribution in [1.29, 1.82) is 0 Å². The van der Waals surface area contributed by atoms with Crippen molar-refractivity contribution >= 4 is 29.1 Å². The van der Waals surface area contributed by atoms with E-state index in [-0.39, 0.29) is 11.7 Å². The summed E-state index contributed by atoms with van der Waals surface area (Å²) in [6, 6.07) is 6.64. The normalized spacial score (nSPS) is 10.3. The summed E-state index contributed by atoms with van der Waals surface area (Å²) in [4.78, 5) is 17.5. The molecule has 2 aromatic rings. The molecule has 1 aromatic heterocycles. The van der Waals surface area contributed by atoms with E-state index in [1.807, 2.05) is 0 Å². The zero-order valence-corrected chi connectivity index (χ0v) is 12.2. The van der Waals surface area contributed by atoms with Crippen LogP contribution >= 0.6 is 23.2 Å². The number of nitrogens with zero attached hydrogens (tertiary/aromatic N) is 2. The minimum atomic E-state index is -0.260. The Bertz CT molecular complexity index is 647. The van der Waals surface area contributed by atoms with Gasteiger partial charge in [0.15, 0.2) is 0 Å². The molecule has 0 unspecified atom stereocenters. The Labute approximate surface area is 126 Å².